The summed E-state index contributed by atoms with van der Waals surface area (Å²) < 4.78 is 5.52. The second-order valence-electron chi connectivity index (χ2n) is 7.42. The molecule has 3 saturated heterocycles. The Balaban J connectivity index is 1.57. The molecule has 5 rings (SSSR count). The van der Waals surface area contributed by atoms with Crippen LogP contribution in [0.15, 0.2) is 40.8 Å². The van der Waals surface area contributed by atoms with Gasteiger partial charge in [-0.05, 0) is 38.3 Å². The van der Waals surface area contributed by atoms with Gasteiger partial charge in [0.05, 0.1) is 11.5 Å². The highest BCUT2D eigenvalue weighted by Gasteiger charge is 2.42. The Morgan fingerprint density at radius 1 is 1.15 bits per heavy atom. The zero-order chi connectivity index (χ0) is 18.3. The second-order valence-corrected chi connectivity index (χ2v) is 7.42. The van der Waals surface area contributed by atoms with Gasteiger partial charge in [0.15, 0.2) is 0 Å². The largest absolute Gasteiger partial charge is 0.466 e. The number of aryl methyl sites for hydroxylation is 2. The first-order valence-corrected chi connectivity index (χ1v) is 9.23. The molecular weight excluding hydrogens is 328 g/mol. The maximum absolute atomic E-state index is 13.0. The summed E-state index contributed by atoms with van der Waals surface area (Å²) in [6.07, 6.45) is 1.82. The topological polar surface area (TPSA) is 53.8 Å². The van der Waals surface area contributed by atoms with Gasteiger partial charge >= 0.3 is 0 Å². The van der Waals surface area contributed by atoms with Crippen LogP contribution < -0.4 is 0 Å². The van der Waals surface area contributed by atoms with Crippen molar-refractivity contribution < 1.29 is 14.0 Å². The molecule has 0 aliphatic carbocycles. The van der Waals surface area contributed by atoms with Gasteiger partial charge in [-0.15, -0.1) is 0 Å². The van der Waals surface area contributed by atoms with Crippen LogP contribution in [0.2, 0.25) is 0 Å². The molecule has 2 amide bonds. The molecule has 2 aromatic rings. The van der Waals surface area contributed by atoms with Crippen LogP contribution in [0.3, 0.4) is 0 Å². The van der Waals surface area contributed by atoms with Crippen molar-refractivity contribution in [2.45, 2.75) is 39.3 Å². The first-order chi connectivity index (χ1) is 12.5. The summed E-state index contributed by atoms with van der Waals surface area (Å²) in [5.41, 5.74) is 1.75. The molecule has 1 aromatic carbocycles. The third-order valence-corrected chi connectivity index (χ3v) is 5.55. The Kier molecular flexibility index (Phi) is 4.31. The van der Waals surface area contributed by atoms with Crippen molar-refractivity contribution in [3.63, 3.8) is 0 Å². The summed E-state index contributed by atoms with van der Waals surface area (Å²) >= 11 is 0. The molecule has 0 spiro atoms. The molecule has 136 valence electrons. The molecule has 3 aliphatic heterocycles. The van der Waals surface area contributed by atoms with Gasteiger partial charge in [-0.1, -0.05) is 30.3 Å². The Morgan fingerprint density at radius 3 is 2.62 bits per heavy atom. The molecule has 3 fully saturated rings. The highest BCUT2D eigenvalue weighted by Crippen LogP contribution is 2.31. The summed E-state index contributed by atoms with van der Waals surface area (Å²) in [4.78, 5) is 29.8. The van der Waals surface area contributed by atoms with Gasteiger partial charge in [0.1, 0.15) is 11.5 Å². The lowest BCUT2D eigenvalue weighted by atomic mass is 9.93. The van der Waals surface area contributed by atoms with E-state index >= 15 is 0 Å². The predicted molar refractivity (Wildman–Crippen MR) is 97.6 cm³/mol. The lowest BCUT2D eigenvalue weighted by molar-refractivity contribution is -0.140. The van der Waals surface area contributed by atoms with Crippen LogP contribution in [-0.4, -0.2) is 40.7 Å². The number of carbonyl (C=O) groups excluding carboxylic acids is 2. The van der Waals surface area contributed by atoms with E-state index in [1.807, 2.05) is 54.0 Å². The van der Waals surface area contributed by atoms with Crippen LogP contribution >= 0.6 is 0 Å². The number of hydrogen-bond donors (Lipinski definition) is 0. The van der Waals surface area contributed by atoms with Gasteiger partial charge in [0.2, 0.25) is 5.91 Å². The van der Waals surface area contributed by atoms with Gasteiger partial charge in [-0.3, -0.25) is 9.59 Å². The first kappa shape index (κ1) is 16.9. The standard InChI is InChI=1S/C21H24N2O3/c1-14-10-19(15(2)26-14)21(25)22-12-17-8-9-18(13-22)23(20(17)24)11-16-6-4-3-5-7-16/h3-7,10,17-18H,8-9,11-13H2,1-2H3/t17-,18+/m1/s1. The van der Waals surface area contributed by atoms with E-state index in [4.69, 9.17) is 4.42 Å². The minimum absolute atomic E-state index is 0.0226. The minimum atomic E-state index is -0.102. The van der Waals surface area contributed by atoms with Gasteiger partial charge in [0.25, 0.3) is 5.91 Å². The fraction of sp³-hybridized carbons (Fsp3) is 0.429. The molecule has 1 aromatic heterocycles. The monoisotopic (exact) mass is 352 g/mol. The normalized spacial score (nSPS) is 22.6. The fourth-order valence-corrected chi connectivity index (χ4v) is 4.21. The highest BCUT2D eigenvalue weighted by molar-refractivity contribution is 5.96. The smallest absolute Gasteiger partial charge is 0.257 e. The molecule has 0 unspecified atom stereocenters. The Hall–Kier alpha value is -2.56. The van der Waals surface area contributed by atoms with E-state index < -0.39 is 0 Å². The van der Waals surface area contributed by atoms with Crippen molar-refractivity contribution in [2.75, 3.05) is 13.1 Å². The van der Waals surface area contributed by atoms with Crippen LogP contribution in [0.1, 0.15) is 40.3 Å². The van der Waals surface area contributed by atoms with Gasteiger partial charge in [0, 0.05) is 25.7 Å². The minimum Gasteiger partial charge on any atom is -0.466 e. The maximum Gasteiger partial charge on any atom is 0.257 e. The zero-order valence-electron chi connectivity index (χ0n) is 15.3. The molecular formula is C21H24N2O3. The van der Waals surface area contributed by atoms with Crippen LogP contribution in [-0.2, 0) is 11.3 Å². The molecule has 4 heterocycles. The molecule has 2 bridgehead atoms. The number of benzene rings is 1. The molecule has 3 aliphatic rings. The molecule has 0 radical (unpaired) electrons. The van der Waals surface area contributed by atoms with E-state index in [0.29, 0.717) is 31.0 Å². The van der Waals surface area contributed by atoms with Crippen molar-refractivity contribution in [2.24, 2.45) is 5.92 Å². The van der Waals surface area contributed by atoms with Crippen LogP contribution in [0.5, 0.6) is 0 Å². The lowest BCUT2D eigenvalue weighted by Crippen LogP contribution is -2.47. The van der Waals surface area contributed by atoms with Gasteiger partial charge < -0.3 is 14.2 Å². The summed E-state index contributed by atoms with van der Waals surface area (Å²) in [5, 5.41) is 0. The summed E-state index contributed by atoms with van der Waals surface area (Å²) in [6, 6.07) is 12.0. The third kappa shape index (κ3) is 3.02. The van der Waals surface area contributed by atoms with E-state index in [9.17, 15) is 9.59 Å². The summed E-state index contributed by atoms with van der Waals surface area (Å²) in [7, 11) is 0. The van der Waals surface area contributed by atoms with Crippen molar-refractivity contribution in [3.8, 4) is 0 Å². The predicted octanol–water partition coefficient (Wildman–Crippen LogP) is 3.16. The number of nitrogens with zero attached hydrogens (tertiary/aromatic N) is 2. The quantitative estimate of drug-likeness (QED) is 0.853. The van der Waals surface area contributed by atoms with Crippen LogP contribution in [0, 0.1) is 19.8 Å². The van der Waals surface area contributed by atoms with E-state index in [-0.39, 0.29) is 23.8 Å². The van der Waals surface area contributed by atoms with Gasteiger partial charge in [-0.25, -0.2) is 0 Å². The Bertz CT molecular complexity index is 827. The van der Waals surface area contributed by atoms with E-state index in [1.54, 1.807) is 6.07 Å². The second kappa shape index (κ2) is 6.63. The number of hydrogen-bond acceptors (Lipinski definition) is 3. The molecule has 0 saturated carbocycles. The highest BCUT2D eigenvalue weighted by atomic mass is 16.3. The van der Waals surface area contributed by atoms with E-state index in [1.165, 1.54) is 0 Å². The lowest BCUT2D eigenvalue weighted by Gasteiger charge is -2.36. The number of rotatable bonds is 3. The fourth-order valence-electron chi connectivity index (χ4n) is 4.21. The number of furan rings is 1. The van der Waals surface area contributed by atoms with Crippen molar-refractivity contribution in [1.29, 1.82) is 0 Å². The summed E-state index contributed by atoms with van der Waals surface area (Å²) in [5.74, 6) is 1.45. The van der Waals surface area contributed by atoms with Crippen molar-refractivity contribution in [3.05, 3.63) is 59.0 Å². The average molecular weight is 352 g/mol. The molecule has 5 heteroatoms. The maximum atomic E-state index is 13.0. The number of carbonyl (C=O) groups is 2. The third-order valence-electron chi connectivity index (χ3n) is 5.55. The zero-order valence-corrected chi connectivity index (χ0v) is 15.3. The first-order valence-electron chi connectivity index (χ1n) is 9.23. The summed E-state index contributed by atoms with van der Waals surface area (Å²) in [6.45, 7) is 5.38. The average Bonchev–Trinajstić information content (AvgIpc) is 2.80. The SMILES string of the molecule is Cc1cc(C(=O)N2C[C@H]3CC[C@@H](C2)N(Cc2ccccc2)C3=O)c(C)o1. The van der Waals surface area contributed by atoms with Gasteiger partial charge in [-0.2, -0.15) is 0 Å². The van der Waals surface area contributed by atoms with E-state index in [0.717, 1.165) is 24.2 Å². The molecule has 2 atom stereocenters. The van der Waals surface area contributed by atoms with Crippen molar-refractivity contribution >= 4 is 11.8 Å². The number of fused-ring (bicyclic) bond motifs is 4. The number of amides is 2. The number of piperidine rings is 1. The van der Waals surface area contributed by atoms with Crippen LogP contribution in [0.4, 0.5) is 0 Å². The molecule has 5 nitrogen and oxygen atoms in total. The Labute approximate surface area is 153 Å². The van der Waals surface area contributed by atoms with E-state index in [2.05, 4.69) is 0 Å². The molecule has 26 heavy (non-hydrogen) atoms. The van der Waals surface area contributed by atoms with Crippen molar-refractivity contribution in [1.82, 2.24) is 9.80 Å². The Morgan fingerprint density at radius 2 is 1.92 bits per heavy atom. The molecule has 0 N–H and O–H groups in total. The van der Waals surface area contributed by atoms with Crippen LogP contribution in [0.25, 0.3) is 0 Å².